The van der Waals surface area contributed by atoms with Crippen molar-refractivity contribution in [3.63, 3.8) is 0 Å². The lowest BCUT2D eigenvalue weighted by Gasteiger charge is -2.37. The number of carbonyl (C=O) groups excluding carboxylic acids is 4. The monoisotopic (exact) mass is 1970 g/mol. The fourth-order valence-corrected chi connectivity index (χ4v) is 22.4. The minimum atomic E-state index is -0.395. The molecule has 0 radical (unpaired) electrons. The highest BCUT2D eigenvalue weighted by atomic mass is 35.5. The Balaban J connectivity index is 0.000000128. The topological polar surface area (TPSA) is 199 Å². The molecule has 4 aliphatic heterocycles. The van der Waals surface area contributed by atoms with Gasteiger partial charge in [-0.05, 0) is 263 Å². The summed E-state index contributed by atoms with van der Waals surface area (Å²) in [6, 6.07) is 75.7. The largest absolute Gasteiger partial charge is 0.508 e. The molecule has 4 N–H and O–H groups in total. The number of benzene rings is 12. The van der Waals surface area contributed by atoms with Gasteiger partial charge in [0.1, 0.15) is 71.3 Å². The zero-order chi connectivity index (χ0) is 97.1. The summed E-state index contributed by atoms with van der Waals surface area (Å²) in [4.78, 5) is 64.8. The van der Waals surface area contributed by atoms with Gasteiger partial charge in [0.2, 0.25) is 23.1 Å². The molecule has 0 spiro atoms. The number of fused-ring (bicyclic) bond motifs is 4. The van der Waals surface area contributed by atoms with Crippen molar-refractivity contribution in [1.82, 2.24) is 19.6 Å². The first kappa shape index (κ1) is 98.0. The van der Waals surface area contributed by atoms with Crippen LogP contribution in [-0.2, 0) is 25.7 Å². The lowest BCUT2D eigenvalue weighted by atomic mass is 10.0. The SMILES string of the molecule is Cc1cc(Cl)ccc1C(=O)c1sc2cc(O)ccc2c1Oc1ccc(CCN2CC(CF)C2)cc1.Cc1cc(F)ccc1C(=O)c1sc2cc(O)ccc2c1Oc1ccc(CCN2CC(CF)C2)cc1.Cc1ccc(C(=O)c2sc3cc(O)ccc3c2Oc2ccc(CCN3CC(CF)C3)cc2)c(C)c1.O=C(c1ccccc1)c1sc2cc(O)ccc2c1Oc1ccc(CCCN2CC(CF)C2)cc1. The van der Waals surface area contributed by atoms with Crippen LogP contribution < -0.4 is 18.9 Å². The minimum absolute atomic E-state index is 0.0871. The van der Waals surface area contributed by atoms with Crippen molar-refractivity contribution in [3.05, 3.63) is 352 Å². The van der Waals surface area contributed by atoms with Gasteiger partial charge in [-0.2, -0.15) is 0 Å². The standard InChI is InChI=1S/C29H28FNO3S.C28H25ClFNO3S.C28H25F2NO3S.C28H26FNO3S/c1-18-3-9-24(19(2)13-18)27(33)29-28(25-10-6-22(32)14-26(25)35-29)34-23-7-4-20(5-8-23)11-12-31-16-21(15-30)17-31;1-17-12-20(29)4-8-23(17)26(33)28-27(24-9-5-21(32)13-25(24)35-28)34-22-6-2-18(3-7-22)10-11-31-15-19(14-30)16-31;1-17-12-20(30)4-8-23(17)26(33)28-27(24-9-5-21(32)13-25(24)35-28)34-22-6-2-18(3-7-22)10-11-31-15-19(14-29)16-31;29-16-20-17-30(18-20)14-4-5-19-8-11-23(12-9-19)33-27-24-13-10-22(31)15-25(24)34-28(27)26(32)21-6-2-1-3-7-21/h3-10,13-14,21,32H,11-12,15-17H2,1-2H3;2*2-9,12-13,19,32H,10-11,14-16H2,1H3;1-3,6-13,15,20,31H,4-5,14,16-18H2. The van der Waals surface area contributed by atoms with Crippen LogP contribution in [0.25, 0.3) is 40.3 Å². The van der Waals surface area contributed by atoms with Gasteiger partial charge in [-0.15, -0.1) is 45.3 Å². The number of ether oxygens (including phenoxy) is 4. The van der Waals surface area contributed by atoms with Gasteiger partial charge in [-0.3, -0.25) is 36.7 Å². The molecular weight excluding hydrogens is 1860 g/mol. The Labute approximate surface area is 824 Å². The maximum Gasteiger partial charge on any atom is 0.207 e. The summed E-state index contributed by atoms with van der Waals surface area (Å²) in [6.07, 6.45) is 4.65. The van der Waals surface area contributed by atoms with E-state index in [0.29, 0.717) is 98.3 Å². The van der Waals surface area contributed by atoms with Crippen molar-refractivity contribution >= 4 is 120 Å². The maximum absolute atomic E-state index is 13.6. The van der Waals surface area contributed by atoms with E-state index in [-0.39, 0.29) is 96.5 Å². The molecule has 0 amide bonds. The van der Waals surface area contributed by atoms with E-state index in [0.717, 1.165) is 173 Å². The van der Waals surface area contributed by atoms with E-state index in [4.69, 9.17) is 30.5 Å². The molecule has 4 fully saturated rings. The molecule has 4 aliphatic rings. The summed E-state index contributed by atoms with van der Waals surface area (Å²) in [5, 5.41) is 43.5. The average Bonchev–Trinajstić information content (AvgIpc) is 1.62. The van der Waals surface area contributed by atoms with E-state index in [9.17, 15) is 61.6 Å². The second kappa shape index (κ2) is 44.6. The van der Waals surface area contributed by atoms with Crippen LogP contribution in [0.5, 0.6) is 69.0 Å². The van der Waals surface area contributed by atoms with Crippen molar-refractivity contribution in [3.8, 4) is 69.0 Å². The van der Waals surface area contributed by atoms with Gasteiger partial charge in [0.25, 0.3) is 0 Å². The van der Waals surface area contributed by atoms with Gasteiger partial charge in [-0.25, -0.2) is 4.39 Å². The minimum Gasteiger partial charge on any atom is -0.508 e. The van der Waals surface area contributed by atoms with Gasteiger partial charge in [0.05, 0.1) is 26.7 Å². The summed E-state index contributed by atoms with van der Waals surface area (Å²) < 4.78 is 92.2. The number of aryl methyl sites for hydroxylation is 5. The van der Waals surface area contributed by atoms with Crippen LogP contribution in [0, 0.1) is 57.2 Å². The van der Waals surface area contributed by atoms with E-state index in [1.807, 2.05) is 142 Å². The number of ketones is 4. The molecule has 4 saturated heterocycles. The molecule has 20 rings (SSSR count). The number of nitrogens with zero attached hydrogens (tertiary/aromatic N) is 4. The molecule has 0 atom stereocenters. The summed E-state index contributed by atoms with van der Waals surface area (Å²) in [5.74, 6) is 4.84. The fraction of sp³-hybridized carbons (Fsp3) is 0.257. The molecule has 139 heavy (non-hydrogen) atoms. The number of rotatable bonds is 33. The highest BCUT2D eigenvalue weighted by Gasteiger charge is 2.33. The smallest absolute Gasteiger partial charge is 0.207 e. The third kappa shape index (κ3) is 23.8. The first-order valence-electron chi connectivity index (χ1n) is 46.4. The molecule has 0 saturated carbocycles. The summed E-state index contributed by atoms with van der Waals surface area (Å²) in [7, 11) is 0. The lowest BCUT2D eigenvalue weighted by Crippen LogP contribution is -2.48. The number of halogens is 6. The predicted octanol–water partition coefficient (Wildman–Crippen LogP) is 26.7. The van der Waals surface area contributed by atoms with E-state index in [2.05, 4.69) is 31.7 Å². The van der Waals surface area contributed by atoms with Crippen LogP contribution >= 0.6 is 56.9 Å². The summed E-state index contributed by atoms with van der Waals surface area (Å²) >= 11 is 11.3. The summed E-state index contributed by atoms with van der Waals surface area (Å²) in [6.45, 7) is 17.1. The molecule has 714 valence electrons. The Morgan fingerprint density at radius 1 is 0.331 bits per heavy atom. The van der Waals surface area contributed by atoms with Crippen molar-refractivity contribution < 1.29 is 80.5 Å². The predicted molar refractivity (Wildman–Crippen MR) is 546 cm³/mol. The molecule has 8 heterocycles. The van der Waals surface area contributed by atoms with E-state index >= 15 is 0 Å². The number of likely N-dealkylation sites (tertiary alicyclic amines) is 4. The number of phenolic OH excluding ortho intramolecular Hbond substituents is 4. The molecule has 0 aliphatic carbocycles. The number of hydrogen-bond donors (Lipinski definition) is 4. The van der Waals surface area contributed by atoms with Gasteiger partial charge in [0.15, 0.2) is 23.0 Å². The second-order valence-electron chi connectivity index (χ2n) is 36.1. The van der Waals surface area contributed by atoms with Gasteiger partial charge < -0.3 is 59.0 Å². The quantitative estimate of drug-likeness (QED) is 0.0223. The Morgan fingerprint density at radius 2 is 0.626 bits per heavy atom. The van der Waals surface area contributed by atoms with E-state index in [1.165, 1.54) is 80.2 Å². The van der Waals surface area contributed by atoms with E-state index in [1.54, 1.807) is 110 Å². The van der Waals surface area contributed by atoms with Gasteiger partial charge >= 0.3 is 0 Å². The Hall–Kier alpha value is -12.7. The first-order valence-corrected chi connectivity index (χ1v) is 50.0. The fourth-order valence-electron chi connectivity index (χ4n) is 17.7. The zero-order valence-electron chi connectivity index (χ0n) is 77.2. The Bertz CT molecular complexity index is 6590. The van der Waals surface area contributed by atoms with Crippen LogP contribution in [0.1, 0.15) is 112 Å². The highest BCUT2D eigenvalue weighted by molar-refractivity contribution is 7.22. The third-order valence-electron chi connectivity index (χ3n) is 25.5. The third-order valence-corrected chi connectivity index (χ3v) is 30.3. The number of hydrogen-bond acceptors (Lipinski definition) is 20. The van der Waals surface area contributed by atoms with Gasteiger partial charge in [0, 0.05) is 163 Å². The molecule has 0 bridgehead atoms. The highest BCUT2D eigenvalue weighted by Crippen LogP contribution is 2.49. The van der Waals surface area contributed by atoms with Crippen LogP contribution in [0.2, 0.25) is 5.02 Å². The van der Waals surface area contributed by atoms with Crippen molar-refractivity contribution in [2.45, 2.75) is 59.8 Å². The van der Waals surface area contributed by atoms with Crippen molar-refractivity contribution in [2.24, 2.45) is 23.7 Å². The second-order valence-corrected chi connectivity index (χ2v) is 40.8. The molecule has 16 nitrogen and oxygen atoms in total. The molecule has 26 heteroatoms. The first-order chi connectivity index (χ1) is 67.3. The molecular formula is C113H104ClF5N4O12S4. The summed E-state index contributed by atoms with van der Waals surface area (Å²) in [5.41, 5.74) is 10.3. The zero-order valence-corrected chi connectivity index (χ0v) is 81.2. The van der Waals surface area contributed by atoms with Crippen molar-refractivity contribution in [1.29, 1.82) is 0 Å². The number of carbonyl (C=O) groups is 4. The Morgan fingerprint density at radius 3 is 0.942 bits per heavy atom. The number of alkyl halides is 4. The number of phenols is 4. The average molecular weight is 1970 g/mol. The maximum atomic E-state index is 13.6. The van der Waals surface area contributed by atoms with Crippen LogP contribution in [0.4, 0.5) is 22.0 Å². The van der Waals surface area contributed by atoms with Crippen LogP contribution in [0.15, 0.2) is 255 Å². The normalized spacial score (nSPS) is 14.3. The Kier molecular flexibility index (Phi) is 31.5. The number of aromatic hydroxyl groups is 4. The van der Waals surface area contributed by atoms with Gasteiger partial charge in [-0.1, -0.05) is 114 Å². The van der Waals surface area contributed by atoms with Crippen LogP contribution in [0.3, 0.4) is 0 Å². The molecule has 12 aromatic carbocycles. The molecule has 0 unspecified atom stereocenters. The van der Waals surface area contributed by atoms with E-state index < -0.39 is 5.82 Å². The number of thiophene rings is 4. The molecule has 4 aromatic heterocycles. The van der Waals surface area contributed by atoms with Crippen molar-refractivity contribution in [2.75, 3.05) is 105 Å². The lowest BCUT2D eigenvalue weighted by molar-refractivity contribution is 0.0801. The van der Waals surface area contributed by atoms with Crippen LogP contribution in [-0.4, -0.2) is 168 Å². The molecule has 16 aromatic rings.